The zero-order chi connectivity index (χ0) is 26.2. The summed E-state index contributed by atoms with van der Waals surface area (Å²) >= 11 is 5.66. The minimum Gasteiger partial charge on any atom is -0.481 e. The Labute approximate surface area is 205 Å². The maximum atomic E-state index is 12.5. The summed E-state index contributed by atoms with van der Waals surface area (Å²) in [6.45, 7) is 0.0177. The number of sulfonamides is 1. The van der Waals surface area contributed by atoms with Gasteiger partial charge in [-0.25, -0.2) is 21.6 Å². The molecule has 0 saturated heterocycles. The number of aromatic amines is 1. The number of amides is 1. The summed E-state index contributed by atoms with van der Waals surface area (Å²) in [4.78, 5) is 47.0. The third kappa shape index (κ3) is 8.90. The van der Waals surface area contributed by atoms with E-state index in [1.54, 1.807) is 0 Å². The third-order valence-electron chi connectivity index (χ3n) is 4.50. The topological polar surface area (TPSA) is 197 Å². The average molecular weight is 548 g/mol. The molecule has 1 amide bonds. The van der Waals surface area contributed by atoms with Crippen LogP contribution in [0.5, 0.6) is 0 Å². The maximum Gasteiger partial charge on any atom is 0.305 e. The van der Waals surface area contributed by atoms with Crippen molar-refractivity contribution >= 4 is 49.6 Å². The fourth-order valence-electron chi connectivity index (χ4n) is 2.88. The number of nitrogens with one attached hydrogen (secondary N) is 3. The summed E-state index contributed by atoms with van der Waals surface area (Å²) in [7, 11) is -7.96. The Morgan fingerprint density at radius 3 is 2.51 bits per heavy atom. The standard InChI is InChI=1S/C20H22ClN3O9S2/c21-17-8-14(10-23-20(17)29)19(28)22-5-2-6-34(30,31)12-13-3-1-4-16(7-13)35(32,33)24-15(11-25)9-18(26)27/h1,3-4,7-8,10-11,15,24H,2,5-6,9,12H2,(H,22,28)(H,23,29)(H,26,27). The Morgan fingerprint density at radius 2 is 1.89 bits per heavy atom. The number of aliphatic carboxylic acids is 1. The van der Waals surface area contributed by atoms with Gasteiger partial charge in [0, 0.05) is 12.7 Å². The highest BCUT2D eigenvalue weighted by Crippen LogP contribution is 2.15. The molecular formula is C20H22ClN3O9S2. The lowest BCUT2D eigenvalue weighted by atomic mass is 10.2. The SMILES string of the molecule is O=CC(CC(=O)O)NS(=O)(=O)c1cccc(CS(=O)(=O)CCCNC(=O)c2c[nH]c(=O)c(Cl)c2)c1. The minimum absolute atomic E-state index is 0.0177. The van der Waals surface area contributed by atoms with E-state index in [0.717, 1.165) is 6.07 Å². The summed E-state index contributed by atoms with van der Waals surface area (Å²) in [5.74, 6) is -2.71. The third-order valence-corrected chi connectivity index (χ3v) is 7.95. The number of carbonyl (C=O) groups is 3. The van der Waals surface area contributed by atoms with Crippen LogP contribution in [-0.2, 0) is 35.2 Å². The second kappa shape index (κ2) is 12.1. The average Bonchev–Trinajstić information content (AvgIpc) is 2.77. The molecule has 0 bridgehead atoms. The van der Waals surface area contributed by atoms with Gasteiger partial charge in [-0.05, 0) is 30.2 Å². The van der Waals surface area contributed by atoms with Gasteiger partial charge in [-0.15, -0.1) is 0 Å². The van der Waals surface area contributed by atoms with E-state index in [4.69, 9.17) is 16.7 Å². The molecule has 0 spiro atoms. The predicted octanol–water partition coefficient (Wildman–Crippen LogP) is 0.0837. The number of benzene rings is 1. The molecule has 0 aliphatic heterocycles. The molecule has 12 nitrogen and oxygen atoms in total. The van der Waals surface area contributed by atoms with Crippen LogP contribution in [0.4, 0.5) is 0 Å². The molecule has 2 rings (SSSR count). The first-order valence-electron chi connectivity index (χ1n) is 9.98. The predicted molar refractivity (Wildman–Crippen MR) is 125 cm³/mol. The van der Waals surface area contributed by atoms with Gasteiger partial charge in [0.25, 0.3) is 11.5 Å². The molecule has 0 aliphatic carbocycles. The maximum absolute atomic E-state index is 12.5. The van der Waals surface area contributed by atoms with Crippen LogP contribution >= 0.6 is 11.6 Å². The van der Waals surface area contributed by atoms with Crippen molar-refractivity contribution in [3.8, 4) is 0 Å². The first-order chi connectivity index (χ1) is 16.3. The van der Waals surface area contributed by atoms with E-state index in [2.05, 4.69) is 10.3 Å². The molecule has 2 aromatic rings. The molecule has 1 aromatic heterocycles. The second-order valence-electron chi connectivity index (χ2n) is 7.38. The highest BCUT2D eigenvalue weighted by atomic mass is 35.5. The van der Waals surface area contributed by atoms with Crippen molar-refractivity contribution in [3.63, 3.8) is 0 Å². The normalized spacial score (nSPS) is 12.6. The number of H-pyrrole nitrogens is 1. The second-order valence-corrected chi connectivity index (χ2v) is 11.7. The molecule has 1 unspecified atom stereocenters. The number of rotatable bonds is 13. The molecule has 1 aromatic carbocycles. The molecular weight excluding hydrogens is 526 g/mol. The van der Waals surface area contributed by atoms with Crippen LogP contribution < -0.4 is 15.6 Å². The van der Waals surface area contributed by atoms with Crippen molar-refractivity contribution in [2.75, 3.05) is 12.3 Å². The summed E-state index contributed by atoms with van der Waals surface area (Å²) in [5.41, 5.74) is -0.282. The Bertz CT molecular complexity index is 1370. The number of hydrogen-bond donors (Lipinski definition) is 4. The van der Waals surface area contributed by atoms with Gasteiger partial charge in [0.1, 0.15) is 11.3 Å². The summed E-state index contributed by atoms with van der Waals surface area (Å²) in [6, 6.07) is 4.73. The van der Waals surface area contributed by atoms with E-state index in [-0.39, 0.29) is 46.0 Å². The monoisotopic (exact) mass is 547 g/mol. The molecule has 0 aliphatic rings. The number of hydrogen-bond acceptors (Lipinski definition) is 8. The van der Waals surface area contributed by atoms with Crippen molar-refractivity contribution in [1.29, 1.82) is 0 Å². The van der Waals surface area contributed by atoms with E-state index in [9.17, 15) is 36.0 Å². The van der Waals surface area contributed by atoms with Crippen LogP contribution in [-0.4, -0.2) is 63.4 Å². The molecule has 0 saturated carbocycles. The highest BCUT2D eigenvalue weighted by Gasteiger charge is 2.23. The smallest absolute Gasteiger partial charge is 0.305 e. The van der Waals surface area contributed by atoms with Crippen molar-refractivity contribution in [3.05, 3.63) is 63.0 Å². The summed E-state index contributed by atoms with van der Waals surface area (Å²) in [6.07, 6.45) is 0.656. The van der Waals surface area contributed by atoms with Gasteiger partial charge in [0.05, 0.1) is 34.4 Å². The molecule has 1 atom stereocenters. The van der Waals surface area contributed by atoms with Crippen LogP contribution in [0.2, 0.25) is 5.02 Å². The number of sulfone groups is 1. The van der Waals surface area contributed by atoms with Gasteiger partial charge in [0.15, 0.2) is 9.84 Å². The molecule has 0 radical (unpaired) electrons. The van der Waals surface area contributed by atoms with Crippen molar-refractivity contribution < 1.29 is 36.3 Å². The van der Waals surface area contributed by atoms with Crippen LogP contribution in [0, 0.1) is 0 Å². The van der Waals surface area contributed by atoms with Crippen LogP contribution in [0.1, 0.15) is 28.8 Å². The van der Waals surface area contributed by atoms with Crippen molar-refractivity contribution in [1.82, 2.24) is 15.0 Å². The zero-order valence-corrected chi connectivity index (χ0v) is 20.5. The Balaban J connectivity index is 1.96. The van der Waals surface area contributed by atoms with Crippen LogP contribution in [0.15, 0.2) is 46.2 Å². The number of pyridine rings is 1. The Morgan fingerprint density at radius 1 is 1.17 bits per heavy atom. The lowest BCUT2D eigenvalue weighted by Crippen LogP contribution is -2.37. The molecule has 35 heavy (non-hydrogen) atoms. The number of carboxylic acids is 1. The Kier molecular flexibility index (Phi) is 9.71. The van der Waals surface area contributed by atoms with Crippen molar-refractivity contribution in [2.45, 2.75) is 29.5 Å². The van der Waals surface area contributed by atoms with E-state index in [1.165, 1.54) is 30.5 Å². The first kappa shape index (κ1) is 28.2. The van der Waals surface area contributed by atoms with Gasteiger partial charge in [-0.3, -0.25) is 14.4 Å². The summed E-state index contributed by atoms with van der Waals surface area (Å²) < 4.78 is 51.8. The summed E-state index contributed by atoms with van der Waals surface area (Å²) in [5, 5.41) is 11.1. The van der Waals surface area contributed by atoms with Crippen molar-refractivity contribution in [2.24, 2.45) is 0 Å². The fourth-order valence-corrected chi connectivity index (χ4v) is 5.71. The highest BCUT2D eigenvalue weighted by molar-refractivity contribution is 7.90. The number of carbonyl (C=O) groups excluding carboxylic acids is 2. The van der Waals surface area contributed by atoms with E-state index in [0.29, 0.717) is 0 Å². The van der Waals surface area contributed by atoms with Gasteiger partial charge in [-0.1, -0.05) is 23.7 Å². The van der Waals surface area contributed by atoms with Gasteiger partial charge in [0.2, 0.25) is 10.0 Å². The number of halogens is 1. The largest absolute Gasteiger partial charge is 0.481 e. The van der Waals surface area contributed by atoms with Gasteiger partial charge >= 0.3 is 5.97 Å². The van der Waals surface area contributed by atoms with Gasteiger partial charge in [-0.2, -0.15) is 0 Å². The molecule has 0 fully saturated rings. The quantitative estimate of drug-likeness (QED) is 0.198. The van der Waals surface area contributed by atoms with E-state index < -0.39 is 55.5 Å². The minimum atomic E-state index is -4.28. The fraction of sp³-hybridized carbons (Fsp3) is 0.300. The molecule has 4 N–H and O–H groups in total. The zero-order valence-electron chi connectivity index (χ0n) is 18.1. The van der Waals surface area contributed by atoms with E-state index >= 15 is 0 Å². The lowest BCUT2D eigenvalue weighted by Gasteiger charge is -2.12. The lowest BCUT2D eigenvalue weighted by molar-refractivity contribution is -0.138. The number of aldehydes is 1. The first-order valence-corrected chi connectivity index (χ1v) is 13.7. The van der Waals surface area contributed by atoms with E-state index in [1.807, 2.05) is 4.72 Å². The van der Waals surface area contributed by atoms with Crippen LogP contribution in [0.25, 0.3) is 0 Å². The number of aromatic nitrogens is 1. The molecule has 1 heterocycles. The molecule has 190 valence electrons. The van der Waals surface area contributed by atoms with Gasteiger partial charge < -0.3 is 20.2 Å². The Hall–Kier alpha value is -3.07. The number of carboxylic acid groups (broad SMARTS) is 1. The molecule has 15 heteroatoms. The van der Waals surface area contributed by atoms with Crippen LogP contribution in [0.3, 0.4) is 0 Å².